The first-order valence-corrected chi connectivity index (χ1v) is 8.39. The lowest BCUT2D eigenvalue weighted by Crippen LogP contribution is -1.93. The second-order valence-electron chi connectivity index (χ2n) is 6.10. The van der Waals surface area contributed by atoms with E-state index in [1.807, 2.05) is 36.9 Å². The fraction of sp³-hybridized carbons (Fsp3) is 0. The largest absolute Gasteiger partial charge is 0.264 e. The molecule has 0 aliphatic heterocycles. The Labute approximate surface area is 150 Å². The van der Waals surface area contributed by atoms with Crippen LogP contribution in [-0.4, -0.2) is 20.2 Å². The van der Waals surface area contributed by atoms with Gasteiger partial charge in [0.05, 0.1) is 12.4 Å². The minimum Gasteiger partial charge on any atom is -0.264 e. The average Bonchev–Trinajstić information content (AvgIpc) is 2.73. The average molecular weight is 334 g/mol. The molecule has 0 unspecified atom stereocenters. The molecule has 5 aromatic rings. The summed E-state index contributed by atoms with van der Waals surface area (Å²) in [6.45, 7) is 0. The second-order valence-corrected chi connectivity index (χ2v) is 6.10. The summed E-state index contributed by atoms with van der Waals surface area (Å²) in [5.74, 6) is 0. The summed E-state index contributed by atoms with van der Waals surface area (Å²) in [6, 6.07) is 16.5. The van der Waals surface area contributed by atoms with Crippen LogP contribution in [0.15, 0.2) is 85.7 Å². The third kappa shape index (κ3) is 2.24. The fourth-order valence-electron chi connectivity index (χ4n) is 3.57. The predicted molar refractivity (Wildman–Crippen MR) is 104 cm³/mol. The molecule has 0 fully saturated rings. The van der Waals surface area contributed by atoms with Gasteiger partial charge in [-0.3, -0.25) is 9.97 Å². The van der Waals surface area contributed by atoms with Gasteiger partial charge in [0.2, 0.25) is 0 Å². The Bertz CT molecular complexity index is 1060. The van der Waals surface area contributed by atoms with Crippen LogP contribution in [0.3, 0.4) is 0 Å². The van der Waals surface area contributed by atoms with Crippen LogP contribution >= 0.6 is 0 Å². The van der Waals surface area contributed by atoms with Gasteiger partial charge in [-0.25, -0.2) is 0 Å². The van der Waals surface area contributed by atoms with Crippen LogP contribution in [-0.2, 0) is 0 Å². The van der Waals surface area contributed by atoms with Gasteiger partial charge in [0, 0.05) is 57.8 Å². The van der Waals surface area contributed by atoms with E-state index in [-0.39, 0.29) is 0 Å². The molecule has 122 valence electrons. The van der Waals surface area contributed by atoms with Crippen molar-refractivity contribution in [3.05, 3.63) is 85.7 Å². The summed E-state index contributed by atoms with van der Waals surface area (Å²) in [6.07, 6.45) is 11.0. The van der Waals surface area contributed by atoms with Crippen LogP contribution in [0.5, 0.6) is 0 Å². The first-order chi connectivity index (χ1) is 12.9. The van der Waals surface area contributed by atoms with Gasteiger partial charge in [0.25, 0.3) is 0 Å². The van der Waals surface area contributed by atoms with E-state index in [0.717, 1.165) is 33.0 Å². The minimum absolute atomic E-state index is 1.06. The van der Waals surface area contributed by atoms with Gasteiger partial charge in [-0.1, -0.05) is 36.4 Å². The Morgan fingerprint density at radius 1 is 0.462 bits per heavy atom. The number of hydrogen-bond donors (Lipinski definition) is 0. The van der Waals surface area contributed by atoms with Gasteiger partial charge in [0.1, 0.15) is 0 Å². The van der Waals surface area contributed by atoms with Crippen molar-refractivity contribution in [2.45, 2.75) is 0 Å². The molecule has 0 saturated heterocycles. The number of rotatable bonds is 2. The Balaban J connectivity index is 2.02. The summed E-state index contributed by atoms with van der Waals surface area (Å²) >= 11 is 0. The van der Waals surface area contributed by atoms with Crippen LogP contribution in [0.1, 0.15) is 0 Å². The maximum atomic E-state index is 4.31. The summed E-state index contributed by atoms with van der Waals surface area (Å²) in [5.41, 5.74) is 4.40. The number of hydrogen-bond acceptors (Lipinski definition) is 4. The molecule has 3 heterocycles. The van der Waals surface area contributed by atoms with Gasteiger partial charge in [0.15, 0.2) is 0 Å². The van der Waals surface area contributed by atoms with E-state index in [0.29, 0.717) is 0 Å². The summed E-state index contributed by atoms with van der Waals surface area (Å²) in [5, 5.41) is 12.8. The normalized spacial score (nSPS) is 11.1. The SMILES string of the molecule is c1cncc(-c2c3ccccc3c(-c3cccnc3)c3cnncc23)c1. The monoisotopic (exact) mass is 334 g/mol. The molecular formula is C22H14N4. The van der Waals surface area contributed by atoms with Gasteiger partial charge in [-0.15, -0.1) is 0 Å². The standard InChI is InChI=1S/C22H14N4/c1-2-8-18-17(7-1)21(15-5-3-9-23-11-15)19-13-25-26-14-20(19)22(18)16-6-4-10-24-12-16/h1-14H. The summed E-state index contributed by atoms with van der Waals surface area (Å²) < 4.78 is 0. The third-order valence-corrected chi connectivity index (χ3v) is 4.64. The molecule has 2 aromatic carbocycles. The Kier molecular flexibility index (Phi) is 3.39. The van der Waals surface area contributed by atoms with Crippen molar-refractivity contribution in [2.24, 2.45) is 0 Å². The van der Waals surface area contributed by atoms with Crippen molar-refractivity contribution in [1.82, 2.24) is 20.2 Å². The van der Waals surface area contributed by atoms with Crippen molar-refractivity contribution in [2.75, 3.05) is 0 Å². The topological polar surface area (TPSA) is 51.6 Å². The number of pyridine rings is 2. The Hall–Kier alpha value is -3.66. The van der Waals surface area contributed by atoms with Gasteiger partial charge in [-0.05, 0) is 22.9 Å². The van der Waals surface area contributed by atoms with E-state index in [1.165, 1.54) is 10.8 Å². The van der Waals surface area contributed by atoms with Gasteiger partial charge >= 0.3 is 0 Å². The highest BCUT2D eigenvalue weighted by atomic mass is 15.1. The number of fused-ring (bicyclic) bond motifs is 2. The van der Waals surface area contributed by atoms with Crippen LogP contribution in [0, 0.1) is 0 Å². The van der Waals surface area contributed by atoms with E-state index >= 15 is 0 Å². The fourth-order valence-corrected chi connectivity index (χ4v) is 3.57. The highest BCUT2D eigenvalue weighted by Crippen LogP contribution is 2.42. The first kappa shape index (κ1) is 14.7. The van der Waals surface area contributed by atoms with Crippen LogP contribution < -0.4 is 0 Å². The van der Waals surface area contributed by atoms with Gasteiger partial charge in [-0.2, -0.15) is 10.2 Å². The molecule has 0 aliphatic rings. The lowest BCUT2D eigenvalue weighted by Gasteiger charge is -2.16. The molecule has 0 aliphatic carbocycles. The minimum atomic E-state index is 1.06. The third-order valence-electron chi connectivity index (χ3n) is 4.64. The molecule has 0 atom stereocenters. The molecule has 4 nitrogen and oxygen atoms in total. The maximum Gasteiger partial charge on any atom is 0.0581 e. The van der Waals surface area contributed by atoms with Gasteiger partial charge < -0.3 is 0 Å². The first-order valence-electron chi connectivity index (χ1n) is 8.39. The molecule has 0 N–H and O–H groups in total. The van der Waals surface area contributed by atoms with E-state index in [9.17, 15) is 0 Å². The van der Waals surface area contributed by atoms with Crippen LogP contribution in [0.25, 0.3) is 43.8 Å². The highest BCUT2D eigenvalue weighted by molar-refractivity contribution is 6.20. The van der Waals surface area contributed by atoms with Crippen molar-refractivity contribution in [3.63, 3.8) is 0 Å². The molecule has 0 saturated carbocycles. The zero-order valence-corrected chi connectivity index (χ0v) is 13.9. The zero-order valence-electron chi connectivity index (χ0n) is 13.9. The number of aromatic nitrogens is 4. The van der Waals surface area contributed by atoms with E-state index in [1.54, 1.807) is 12.4 Å². The smallest absolute Gasteiger partial charge is 0.0581 e. The summed E-state index contributed by atoms with van der Waals surface area (Å²) in [4.78, 5) is 8.62. The van der Waals surface area contributed by atoms with E-state index in [4.69, 9.17) is 0 Å². The van der Waals surface area contributed by atoms with Crippen molar-refractivity contribution < 1.29 is 0 Å². The maximum absolute atomic E-state index is 4.31. The van der Waals surface area contributed by atoms with Crippen molar-refractivity contribution in [3.8, 4) is 22.3 Å². The van der Waals surface area contributed by atoms with E-state index in [2.05, 4.69) is 56.6 Å². The predicted octanol–water partition coefficient (Wildman–Crippen LogP) is 4.91. The molecule has 0 bridgehead atoms. The Morgan fingerprint density at radius 2 is 0.962 bits per heavy atom. The van der Waals surface area contributed by atoms with Crippen molar-refractivity contribution >= 4 is 21.5 Å². The molecule has 0 amide bonds. The molecule has 26 heavy (non-hydrogen) atoms. The lowest BCUT2D eigenvalue weighted by molar-refractivity contribution is 1.05. The quantitative estimate of drug-likeness (QED) is 0.431. The molecule has 0 spiro atoms. The van der Waals surface area contributed by atoms with Crippen molar-refractivity contribution in [1.29, 1.82) is 0 Å². The van der Waals surface area contributed by atoms with Crippen LogP contribution in [0.2, 0.25) is 0 Å². The van der Waals surface area contributed by atoms with Crippen LogP contribution in [0.4, 0.5) is 0 Å². The number of benzene rings is 2. The second kappa shape index (κ2) is 6.01. The molecule has 5 rings (SSSR count). The number of nitrogens with zero attached hydrogens (tertiary/aromatic N) is 4. The lowest BCUT2D eigenvalue weighted by atomic mass is 9.88. The molecule has 4 heteroatoms. The van der Waals surface area contributed by atoms with E-state index < -0.39 is 0 Å². The molecule has 3 aromatic heterocycles. The Morgan fingerprint density at radius 3 is 1.38 bits per heavy atom. The molecular weight excluding hydrogens is 320 g/mol. The summed E-state index contributed by atoms with van der Waals surface area (Å²) in [7, 11) is 0. The molecule has 0 radical (unpaired) electrons. The zero-order chi connectivity index (χ0) is 17.3. The highest BCUT2D eigenvalue weighted by Gasteiger charge is 2.16.